The van der Waals surface area contributed by atoms with Crippen LogP contribution in [0.4, 0.5) is 0 Å². The fourth-order valence-corrected chi connectivity index (χ4v) is 2.55. The Morgan fingerprint density at radius 3 is 1.67 bits per heavy atom. The van der Waals surface area contributed by atoms with Gasteiger partial charge in [0, 0.05) is 12.4 Å². The normalized spacial score (nSPS) is 11.3. The van der Waals surface area contributed by atoms with Crippen molar-refractivity contribution in [2.45, 2.75) is 0 Å². The molecule has 0 spiro atoms. The maximum absolute atomic E-state index is 4.65. The van der Waals surface area contributed by atoms with Gasteiger partial charge in [-0.15, -0.1) is 0 Å². The van der Waals surface area contributed by atoms with Crippen LogP contribution in [-0.4, -0.2) is 39.9 Å². The first-order chi connectivity index (χ1) is 11.9. The molecule has 0 radical (unpaired) electrons. The summed E-state index contributed by atoms with van der Waals surface area (Å²) in [5, 5.41) is 0. The van der Waals surface area contributed by atoms with E-state index in [1.165, 1.54) is 0 Å². The molecule has 0 atom stereocenters. The smallest absolute Gasteiger partial charge is 0.176 e. The van der Waals surface area contributed by atoms with Crippen LogP contribution in [0, 0.1) is 0 Å². The van der Waals surface area contributed by atoms with Gasteiger partial charge in [0.05, 0.1) is 47.6 Å². The van der Waals surface area contributed by atoms with Crippen LogP contribution >= 0.6 is 0 Å². The van der Waals surface area contributed by atoms with Crippen LogP contribution in [0.1, 0.15) is 0 Å². The lowest BCUT2D eigenvalue weighted by Crippen LogP contribution is -1.98. The van der Waals surface area contributed by atoms with Crippen molar-refractivity contribution in [2.75, 3.05) is 0 Å². The van der Waals surface area contributed by atoms with E-state index < -0.39 is 0 Å². The molecule has 1 aromatic heterocycles. The SMILES string of the molecule is c1cc2[nH]c(-c3cncc(-c4cnc5nccc-5[nH]4)n3)cnc-2n1. The molecule has 4 aliphatic heterocycles. The molecule has 8 heteroatoms. The minimum absolute atomic E-state index is 0.676. The predicted octanol–water partition coefficient (Wildman–Crippen LogP) is 2.26. The molecule has 1 aromatic rings. The molecule has 0 amide bonds. The van der Waals surface area contributed by atoms with Crippen LogP contribution in [0.3, 0.4) is 0 Å². The lowest BCUT2D eigenvalue weighted by Gasteiger charge is -2.07. The van der Waals surface area contributed by atoms with Crippen LogP contribution in [0.15, 0.2) is 49.3 Å². The van der Waals surface area contributed by atoms with E-state index >= 15 is 0 Å². The van der Waals surface area contributed by atoms with Crippen LogP contribution in [-0.2, 0) is 0 Å². The van der Waals surface area contributed by atoms with E-state index in [4.69, 9.17) is 0 Å². The summed E-state index contributed by atoms with van der Waals surface area (Å²) in [6.45, 7) is 0. The van der Waals surface area contributed by atoms with E-state index in [0.29, 0.717) is 23.0 Å². The Bertz CT molecular complexity index is 996. The van der Waals surface area contributed by atoms with Crippen molar-refractivity contribution in [2.24, 2.45) is 0 Å². The zero-order chi connectivity index (χ0) is 15.9. The summed E-state index contributed by atoms with van der Waals surface area (Å²) in [5.41, 5.74) is 4.65. The maximum Gasteiger partial charge on any atom is 0.176 e. The average Bonchev–Trinajstić information content (AvgIpc) is 3.29. The highest BCUT2D eigenvalue weighted by atomic mass is 15.0. The number of hydrogen-bond donors (Lipinski definition) is 2. The first-order valence-electron chi connectivity index (χ1n) is 7.29. The highest BCUT2D eigenvalue weighted by molar-refractivity contribution is 5.64. The number of rotatable bonds is 2. The average molecular weight is 314 g/mol. The van der Waals surface area contributed by atoms with E-state index in [0.717, 1.165) is 22.8 Å². The zero-order valence-corrected chi connectivity index (χ0v) is 12.3. The Labute approximate surface area is 135 Å². The summed E-state index contributed by atoms with van der Waals surface area (Å²) in [6, 6.07) is 3.74. The second kappa shape index (κ2) is 4.92. The van der Waals surface area contributed by atoms with Crippen LogP contribution in [0.2, 0.25) is 0 Å². The monoisotopic (exact) mass is 314 g/mol. The standard InChI is InChI=1S/C16H10N8/c1-3-18-15-9(1)22-13(7-20-15)11-5-17-6-12(24-11)14-8-21-16-10(23-14)2-4-19-16/h1-8,22-23H. The summed E-state index contributed by atoms with van der Waals surface area (Å²) in [7, 11) is 0. The molecule has 0 fully saturated rings. The van der Waals surface area contributed by atoms with Gasteiger partial charge in [-0.25, -0.2) is 24.9 Å². The van der Waals surface area contributed by atoms with Gasteiger partial charge in [0.25, 0.3) is 0 Å². The Hall–Kier alpha value is -3.68. The maximum atomic E-state index is 4.65. The molecule has 0 saturated carbocycles. The second-order valence-corrected chi connectivity index (χ2v) is 5.25. The number of H-pyrrole nitrogens is 2. The number of hydrogen-bond acceptors (Lipinski definition) is 6. The van der Waals surface area contributed by atoms with Gasteiger partial charge in [-0.05, 0) is 12.1 Å². The fraction of sp³-hybridized carbons (Fsp3) is 0. The van der Waals surface area contributed by atoms with Crippen LogP contribution in [0.25, 0.3) is 45.8 Å². The largest absolute Gasteiger partial charge is 0.349 e. The summed E-state index contributed by atoms with van der Waals surface area (Å²) in [6.07, 6.45) is 10.2. The fourth-order valence-electron chi connectivity index (χ4n) is 2.55. The van der Waals surface area contributed by atoms with Crippen molar-refractivity contribution in [1.29, 1.82) is 0 Å². The zero-order valence-electron chi connectivity index (χ0n) is 12.3. The summed E-state index contributed by atoms with van der Waals surface area (Å²) in [5.74, 6) is 1.35. The summed E-state index contributed by atoms with van der Waals surface area (Å²) < 4.78 is 0. The van der Waals surface area contributed by atoms with Crippen LogP contribution < -0.4 is 0 Å². The van der Waals surface area contributed by atoms with Gasteiger partial charge in [-0.2, -0.15) is 0 Å². The van der Waals surface area contributed by atoms with Gasteiger partial charge >= 0.3 is 0 Å². The number of fused-ring (bicyclic) bond motifs is 2. The molecule has 0 aromatic carbocycles. The molecule has 0 aliphatic carbocycles. The number of nitrogens with one attached hydrogen (secondary N) is 2. The number of aromatic nitrogens is 8. The number of aromatic amines is 2. The molecular weight excluding hydrogens is 304 g/mol. The van der Waals surface area contributed by atoms with Crippen molar-refractivity contribution in [3.05, 3.63) is 49.3 Å². The van der Waals surface area contributed by atoms with E-state index in [-0.39, 0.29) is 0 Å². The van der Waals surface area contributed by atoms with Gasteiger partial charge < -0.3 is 9.97 Å². The van der Waals surface area contributed by atoms with Crippen molar-refractivity contribution < 1.29 is 0 Å². The highest BCUT2D eigenvalue weighted by Crippen LogP contribution is 2.23. The van der Waals surface area contributed by atoms with Crippen molar-refractivity contribution in [3.63, 3.8) is 0 Å². The first-order valence-corrected chi connectivity index (χ1v) is 7.29. The van der Waals surface area contributed by atoms with E-state index in [2.05, 4.69) is 39.9 Å². The summed E-state index contributed by atoms with van der Waals surface area (Å²) >= 11 is 0. The molecule has 0 unspecified atom stereocenters. The summed E-state index contributed by atoms with van der Waals surface area (Å²) in [4.78, 5) is 32.4. The minimum atomic E-state index is 0.676. The Kier molecular flexibility index (Phi) is 2.63. The molecule has 0 saturated heterocycles. The highest BCUT2D eigenvalue weighted by Gasteiger charge is 2.12. The molecule has 0 bridgehead atoms. The van der Waals surface area contributed by atoms with E-state index in [1.54, 1.807) is 37.2 Å². The van der Waals surface area contributed by atoms with Gasteiger partial charge in [-0.3, -0.25) is 4.98 Å². The molecule has 4 aliphatic rings. The Morgan fingerprint density at radius 1 is 0.583 bits per heavy atom. The lowest BCUT2D eigenvalue weighted by molar-refractivity contribution is 1.11. The minimum Gasteiger partial charge on any atom is -0.349 e. The first kappa shape index (κ1) is 12.8. The lowest BCUT2D eigenvalue weighted by atomic mass is 10.2. The molecule has 24 heavy (non-hydrogen) atoms. The van der Waals surface area contributed by atoms with E-state index in [1.807, 2.05) is 12.1 Å². The van der Waals surface area contributed by atoms with E-state index in [9.17, 15) is 0 Å². The van der Waals surface area contributed by atoms with Gasteiger partial charge in [0.2, 0.25) is 0 Å². The van der Waals surface area contributed by atoms with Crippen molar-refractivity contribution >= 4 is 0 Å². The predicted molar refractivity (Wildman–Crippen MR) is 86.0 cm³/mol. The van der Waals surface area contributed by atoms with Crippen molar-refractivity contribution in [3.8, 4) is 45.8 Å². The molecular formula is C16H10N8. The molecule has 8 nitrogen and oxygen atoms in total. The second-order valence-electron chi connectivity index (χ2n) is 5.25. The molecule has 5 heterocycles. The number of nitrogens with zero attached hydrogens (tertiary/aromatic N) is 6. The Balaban J connectivity index is 1.61. The Morgan fingerprint density at radius 2 is 1.12 bits per heavy atom. The molecule has 114 valence electrons. The third-order valence-electron chi connectivity index (χ3n) is 3.71. The topological polar surface area (TPSA) is 109 Å². The molecule has 2 N–H and O–H groups in total. The van der Waals surface area contributed by atoms with Crippen molar-refractivity contribution in [1.82, 2.24) is 39.9 Å². The third kappa shape index (κ3) is 2.01. The van der Waals surface area contributed by atoms with Gasteiger partial charge in [0.1, 0.15) is 11.4 Å². The van der Waals surface area contributed by atoms with Gasteiger partial charge in [0.15, 0.2) is 11.6 Å². The quantitative estimate of drug-likeness (QED) is 0.517. The molecule has 5 rings (SSSR count). The van der Waals surface area contributed by atoms with Crippen LogP contribution in [0.5, 0.6) is 0 Å². The van der Waals surface area contributed by atoms with Gasteiger partial charge in [-0.1, -0.05) is 0 Å². The third-order valence-corrected chi connectivity index (χ3v) is 3.71.